The summed E-state index contributed by atoms with van der Waals surface area (Å²) in [6, 6.07) is 5.89. The Balaban J connectivity index is 1.87. The van der Waals surface area contributed by atoms with Crippen LogP contribution in [0, 0.1) is 5.41 Å². The highest BCUT2D eigenvalue weighted by Gasteiger charge is 2.23. The lowest BCUT2D eigenvalue weighted by Crippen LogP contribution is -2.52. The van der Waals surface area contributed by atoms with Gasteiger partial charge < -0.3 is 19.7 Å². The van der Waals surface area contributed by atoms with Crippen LogP contribution in [0.3, 0.4) is 0 Å². The zero-order chi connectivity index (χ0) is 18.4. The molecule has 0 bridgehead atoms. The summed E-state index contributed by atoms with van der Waals surface area (Å²) < 4.78 is 10.8. The van der Waals surface area contributed by atoms with E-state index in [4.69, 9.17) is 9.47 Å². The number of rotatable bonds is 5. The van der Waals surface area contributed by atoms with Gasteiger partial charge in [0.15, 0.2) is 0 Å². The Labute approximate surface area is 151 Å². The van der Waals surface area contributed by atoms with Gasteiger partial charge in [-0.1, -0.05) is 20.8 Å². The van der Waals surface area contributed by atoms with E-state index < -0.39 is 0 Å². The molecule has 1 aliphatic rings. The number of piperazine rings is 1. The summed E-state index contributed by atoms with van der Waals surface area (Å²) in [5, 5.41) is 3.02. The Hall–Kier alpha value is -1.95. The molecule has 6 nitrogen and oxygen atoms in total. The number of benzene rings is 1. The van der Waals surface area contributed by atoms with E-state index in [0.717, 1.165) is 49.8 Å². The zero-order valence-electron chi connectivity index (χ0n) is 16.1. The number of hydrogen-bond donors (Lipinski definition) is 1. The molecule has 0 atom stereocenters. The van der Waals surface area contributed by atoms with Crippen LogP contribution in [-0.4, -0.2) is 62.8 Å². The van der Waals surface area contributed by atoms with Gasteiger partial charge in [0.25, 0.3) is 0 Å². The van der Waals surface area contributed by atoms with Crippen LogP contribution in [0.4, 0.5) is 4.79 Å². The Morgan fingerprint density at radius 2 is 1.80 bits per heavy atom. The van der Waals surface area contributed by atoms with Crippen LogP contribution < -0.4 is 14.8 Å². The molecule has 6 heteroatoms. The molecule has 25 heavy (non-hydrogen) atoms. The van der Waals surface area contributed by atoms with Crippen molar-refractivity contribution in [3.8, 4) is 11.5 Å². The van der Waals surface area contributed by atoms with E-state index >= 15 is 0 Å². The predicted octanol–water partition coefficient (Wildman–Crippen LogP) is 2.58. The zero-order valence-corrected chi connectivity index (χ0v) is 16.1. The second kappa shape index (κ2) is 8.43. The van der Waals surface area contributed by atoms with Gasteiger partial charge in [0.1, 0.15) is 11.5 Å². The van der Waals surface area contributed by atoms with Gasteiger partial charge in [0, 0.05) is 44.8 Å². The van der Waals surface area contributed by atoms with Crippen LogP contribution in [-0.2, 0) is 6.54 Å². The summed E-state index contributed by atoms with van der Waals surface area (Å²) in [5.74, 6) is 1.70. The molecule has 1 aliphatic heterocycles. The van der Waals surface area contributed by atoms with Gasteiger partial charge in [-0.05, 0) is 23.6 Å². The van der Waals surface area contributed by atoms with E-state index in [-0.39, 0.29) is 11.4 Å². The first-order valence-electron chi connectivity index (χ1n) is 8.78. The van der Waals surface area contributed by atoms with Gasteiger partial charge in [-0.2, -0.15) is 0 Å². The molecule has 1 aromatic rings. The van der Waals surface area contributed by atoms with Crippen molar-refractivity contribution < 1.29 is 14.3 Å². The topological polar surface area (TPSA) is 54.0 Å². The molecule has 0 spiro atoms. The normalized spacial score (nSPS) is 15.8. The van der Waals surface area contributed by atoms with Crippen LogP contribution in [0.15, 0.2) is 18.2 Å². The first-order chi connectivity index (χ1) is 11.8. The van der Waals surface area contributed by atoms with Gasteiger partial charge in [0.05, 0.1) is 14.2 Å². The van der Waals surface area contributed by atoms with Gasteiger partial charge in [-0.25, -0.2) is 4.79 Å². The number of methoxy groups -OCH3 is 2. The average Bonchev–Trinajstić information content (AvgIpc) is 2.59. The fourth-order valence-electron chi connectivity index (χ4n) is 2.81. The second-order valence-electron chi connectivity index (χ2n) is 7.66. The van der Waals surface area contributed by atoms with Crippen LogP contribution in [0.25, 0.3) is 0 Å². The maximum absolute atomic E-state index is 12.3. The average molecular weight is 349 g/mol. The molecule has 2 amide bonds. The highest BCUT2D eigenvalue weighted by Crippen LogP contribution is 2.25. The number of carbonyl (C=O) groups excluding carboxylic acids is 1. The lowest BCUT2D eigenvalue weighted by atomic mass is 9.97. The van der Waals surface area contributed by atoms with Crippen molar-refractivity contribution in [1.29, 1.82) is 0 Å². The maximum atomic E-state index is 12.3. The van der Waals surface area contributed by atoms with Crippen molar-refractivity contribution in [1.82, 2.24) is 15.1 Å². The molecular formula is C19H31N3O3. The molecule has 1 heterocycles. The monoisotopic (exact) mass is 349 g/mol. The number of carbonyl (C=O) groups is 1. The molecule has 0 aliphatic carbocycles. The van der Waals surface area contributed by atoms with Gasteiger partial charge in [0.2, 0.25) is 0 Å². The fourth-order valence-corrected chi connectivity index (χ4v) is 2.81. The molecule has 0 unspecified atom stereocenters. The van der Waals surface area contributed by atoms with E-state index in [9.17, 15) is 4.79 Å². The van der Waals surface area contributed by atoms with E-state index in [1.165, 1.54) is 0 Å². The van der Waals surface area contributed by atoms with E-state index in [1.54, 1.807) is 14.2 Å². The SMILES string of the molecule is COc1ccc(OC)c(CN2CCN(C(=O)NCC(C)(C)C)CC2)c1. The number of ether oxygens (including phenoxy) is 2. The number of hydrogen-bond acceptors (Lipinski definition) is 4. The fraction of sp³-hybridized carbons (Fsp3) is 0.632. The van der Waals surface area contributed by atoms with Crippen LogP contribution in [0.1, 0.15) is 26.3 Å². The molecule has 2 rings (SSSR count). The quantitative estimate of drug-likeness (QED) is 0.888. The molecule has 140 valence electrons. The third-order valence-electron chi connectivity index (χ3n) is 4.31. The summed E-state index contributed by atoms with van der Waals surface area (Å²) >= 11 is 0. The summed E-state index contributed by atoms with van der Waals surface area (Å²) in [7, 11) is 3.35. The summed E-state index contributed by atoms with van der Waals surface area (Å²) in [4.78, 5) is 16.5. The van der Waals surface area contributed by atoms with Gasteiger partial charge in [-0.15, -0.1) is 0 Å². The maximum Gasteiger partial charge on any atom is 0.317 e. The minimum Gasteiger partial charge on any atom is -0.497 e. The van der Waals surface area contributed by atoms with Crippen molar-refractivity contribution in [3.63, 3.8) is 0 Å². The first-order valence-corrected chi connectivity index (χ1v) is 8.78. The Morgan fingerprint density at radius 1 is 1.12 bits per heavy atom. The number of urea groups is 1. The number of amides is 2. The molecular weight excluding hydrogens is 318 g/mol. The highest BCUT2D eigenvalue weighted by molar-refractivity contribution is 5.74. The predicted molar refractivity (Wildman–Crippen MR) is 99.2 cm³/mol. The van der Waals surface area contributed by atoms with Crippen molar-refractivity contribution in [2.24, 2.45) is 5.41 Å². The van der Waals surface area contributed by atoms with Gasteiger partial charge >= 0.3 is 6.03 Å². The molecule has 1 N–H and O–H groups in total. The summed E-state index contributed by atoms with van der Waals surface area (Å²) in [6.07, 6.45) is 0. The third-order valence-corrected chi connectivity index (χ3v) is 4.31. The minimum atomic E-state index is 0.0357. The summed E-state index contributed by atoms with van der Waals surface area (Å²) in [6.45, 7) is 11.0. The molecule has 1 fully saturated rings. The standard InChI is InChI=1S/C19H31N3O3/c1-19(2,3)14-20-18(23)22-10-8-21(9-11-22)13-15-12-16(24-4)6-7-17(15)25-5/h6-7,12H,8-11,13-14H2,1-5H3,(H,20,23). The van der Waals surface area contributed by atoms with Crippen LogP contribution >= 0.6 is 0 Å². The number of nitrogens with zero attached hydrogens (tertiary/aromatic N) is 2. The smallest absolute Gasteiger partial charge is 0.317 e. The van der Waals surface area contributed by atoms with E-state index in [2.05, 4.69) is 31.0 Å². The molecule has 0 radical (unpaired) electrons. The molecule has 1 saturated heterocycles. The molecule has 0 saturated carbocycles. The van der Waals surface area contributed by atoms with Crippen molar-refractivity contribution >= 4 is 6.03 Å². The van der Waals surface area contributed by atoms with Crippen LogP contribution in [0.2, 0.25) is 0 Å². The Morgan fingerprint density at radius 3 is 2.36 bits per heavy atom. The Kier molecular flexibility index (Phi) is 6.53. The van der Waals surface area contributed by atoms with E-state index in [0.29, 0.717) is 6.54 Å². The lowest BCUT2D eigenvalue weighted by Gasteiger charge is -2.35. The molecule has 1 aromatic carbocycles. The molecule has 0 aromatic heterocycles. The van der Waals surface area contributed by atoms with Crippen molar-refractivity contribution in [3.05, 3.63) is 23.8 Å². The van der Waals surface area contributed by atoms with Crippen LogP contribution in [0.5, 0.6) is 11.5 Å². The lowest BCUT2D eigenvalue weighted by molar-refractivity contribution is 0.132. The summed E-state index contributed by atoms with van der Waals surface area (Å²) in [5.41, 5.74) is 1.20. The Bertz CT molecular complexity index is 576. The largest absolute Gasteiger partial charge is 0.497 e. The second-order valence-corrected chi connectivity index (χ2v) is 7.66. The third kappa shape index (κ3) is 5.81. The van der Waals surface area contributed by atoms with Gasteiger partial charge in [-0.3, -0.25) is 4.90 Å². The van der Waals surface area contributed by atoms with Crippen molar-refractivity contribution in [2.75, 3.05) is 46.9 Å². The number of nitrogens with one attached hydrogen (secondary N) is 1. The van der Waals surface area contributed by atoms with Crippen molar-refractivity contribution in [2.45, 2.75) is 27.3 Å². The van der Waals surface area contributed by atoms with E-state index in [1.807, 2.05) is 23.1 Å². The first kappa shape index (κ1) is 19.4. The minimum absolute atomic E-state index is 0.0357. The highest BCUT2D eigenvalue weighted by atomic mass is 16.5.